The smallest absolute Gasteiger partial charge is 0.227 e. The number of nitrogens with one attached hydrogen (secondary N) is 1. The molecule has 5 nitrogen and oxygen atoms in total. The molecule has 3 rings (SSSR count). The van der Waals surface area contributed by atoms with Crippen LogP contribution in [0.5, 0.6) is 0 Å². The van der Waals surface area contributed by atoms with E-state index in [1.165, 1.54) is 0 Å². The minimum Gasteiger partial charge on any atom is -0.341 e. The van der Waals surface area contributed by atoms with Crippen LogP contribution in [-0.4, -0.2) is 46.8 Å². The molecule has 0 spiro atoms. The molecule has 136 valence electrons. The Morgan fingerprint density at radius 1 is 1.28 bits per heavy atom. The molecule has 25 heavy (non-hydrogen) atoms. The van der Waals surface area contributed by atoms with Gasteiger partial charge in [-0.3, -0.25) is 4.79 Å². The monoisotopic (exact) mass is 362 g/mol. The number of piperidine rings is 1. The van der Waals surface area contributed by atoms with E-state index in [1.807, 2.05) is 60.8 Å². The average molecular weight is 363 g/mol. The molecule has 1 aliphatic rings. The van der Waals surface area contributed by atoms with Crippen molar-refractivity contribution in [3.63, 3.8) is 0 Å². The molecule has 1 unspecified atom stereocenters. The number of aryl methyl sites for hydroxylation is 1. The third-order valence-corrected chi connectivity index (χ3v) is 4.95. The molecule has 1 aromatic heterocycles. The third kappa shape index (κ3) is 4.22. The van der Waals surface area contributed by atoms with E-state index in [1.54, 1.807) is 0 Å². The van der Waals surface area contributed by atoms with E-state index in [0.717, 1.165) is 48.6 Å². The predicted molar refractivity (Wildman–Crippen MR) is 103 cm³/mol. The van der Waals surface area contributed by atoms with E-state index >= 15 is 0 Å². The lowest BCUT2D eigenvalue weighted by atomic mass is 10.0. The molecule has 1 saturated heterocycles. The Morgan fingerprint density at radius 2 is 2.00 bits per heavy atom. The Bertz CT molecular complexity index is 714. The highest BCUT2D eigenvalue weighted by Gasteiger charge is 2.24. The number of aromatic nitrogens is 2. The van der Waals surface area contributed by atoms with E-state index in [9.17, 15) is 4.79 Å². The molecule has 1 aliphatic heterocycles. The maximum atomic E-state index is 12.7. The van der Waals surface area contributed by atoms with Crippen LogP contribution >= 0.6 is 12.4 Å². The second-order valence-corrected chi connectivity index (χ2v) is 6.54. The van der Waals surface area contributed by atoms with Crippen LogP contribution in [0.15, 0.2) is 30.3 Å². The third-order valence-electron chi connectivity index (χ3n) is 4.95. The normalized spacial score (nSPS) is 17.2. The van der Waals surface area contributed by atoms with Gasteiger partial charge < -0.3 is 10.2 Å². The maximum Gasteiger partial charge on any atom is 0.227 e. The van der Waals surface area contributed by atoms with Crippen LogP contribution in [-0.2, 0) is 11.2 Å². The van der Waals surface area contributed by atoms with Crippen LogP contribution in [0.25, 0.3) is 5.69 Å². The second-order valence-electron chi connectivity index (χ2n) is 6.54. The van der Waals surface area contributed by atoms with E-state index in [0.29, 0.717) is 12.5 Å². The highest BCUT2D eigenvalue weighted by molar-refractivity contribution is 5.85. The van der Waals surface area contributed by atoms with Crippen LogP contribution in [0.1, 0.15) is 29.8 Å². The molecular weight excluding hydrogens is 336 g/mol. The Hall–Kier alpha value is -1.85. The number of rotatable bonds is 4. The highest BCUT2D eigenvalue weighted by Crippen LogP contribution is 2.20. The molecule has 0 saturated carbocycles. The summed E-state index contributed by atoms with van der Waals surface area (Å²) in [5.41, 5.74) is 4.07. The number of carbonyl (C=O) groups is 1. The summed E-state index contributed by atoms with van der Waals surface area (Å²) in [7, 11) is 1.97. The lowest BCUT2D eigenvalue weighted by Crippen LogP contribution is -2.47. The SMILES string of the molecule is CNC1CCCN(C(=O)Cc2c(C)nn(-c3ccccc3)c2C)C1.Cl. The zero-order chi connectivity index (χ0) is 17.1. The number of carbonyl (C=O) groups excluding carboxylic acids is 1. The molecule has 6 heteroatoms. The van der Waals surface area contributed by atoms with Crippen LogP contribution < -0.4 is 5.32 Å². The largest absolute Gasteiger partial charge is 0.341 e. The van der Waals surface area contributed by atoms with Gasteiger partial charge in [-0.25, -0.2) is 4.68 Å². The first kappa shape index (κ1) is 19.5. The standard InChI is InChI=1S/C19H26N4O.ClH/c1-14-18(12-19(24)22-11-7-8-16(13-22)20-3)15(2)23(21-14)17-9-5-4-6-10-17;/h4-6,9-10,16,20H,7-8,11-13H2,1-3H3;1H. The lowest BCUT2D eigenvalue weighted by Gasteiger charge is -2.32. The molecule has 0 bridgehead atoms. The van der Waals surface area contributed by atoms with Gasteiger partial charge >= 0.3 is 0 Å². The number of likely N-dealkylation sites (tertiary alicyclic amines) is 1. The summed E-state index contributed by atoms with van der Waals surface area (Å²) in [4.78, 5) is 14.7. The van der Waals surface area contributed by atoms with Crippen LogP contribution in [0, 0.1) is 13.8 Å². The van der Waals surface area contributed by atoms with Crippen LogP contribution in [0.2, 0.25) is 0 Å². The zero-order valence-corrected chi connectivity index (χ0v) is 16.0. The van der Waals surface area contributed by atoms with Gasteiger partial charge in [0, 0.05) is 30.4 Å². The van der Waals surface area contributed by atoms with Gasteiger partial charge in [0.1, 0.15) is 0 Å². The van der Waals surface area contributed by atoms with E-state index in [4.69, 9.17) is 0 Å². The zero-order valence-electron chi connectivity index (χ0n) is 15.2. The first-order valence-electron chi connectivity index (χ1n) is 8.65. The van der Waals surface area contributed by atoms with Gasteiger partial charge in [0.15, 0.2) is 0 Å². The molecule has 0 aliphatic carbocycles. The van der Waals surface area contributed by atoms with Crippen molar-refractivity contribution in [2.45, 2.75) is 39.2 Å². The average Bonchev–Trinajstić information content (AvgIpc) is 2.90. The summed E-state index contributed by atoms with van der Waals surface area (Å²) in [6.07, 6.45) is 2.64. The first-order chi connectivity index (χ1) is 11.6. The molecule has 2 heterocycles. The maximum absolute atomic E-state index is 12.7. The summed E-state index contributed by atoms with van der Waals surface area (Å²) in [6, 6.07) is 10.5. The number of likely N-dealkylation sites (N-methyl/N-ethyl adjacent to an activating group) is 1. The fourth-order valence-corrected chi connectivity index (χ4v) is 3.45. The molecule has 1 aromatic carbocycles. The molecule has 2 aromatic rings. The second kappa shape index (κ2) is 8.50. The first-order valence-corrected chi connectivity index (χ1v) is 8.65. The number of hydrogen-bond acceptors (Lipinski definition) is 3. The predicted octanol–water partition coefficient (Wildman–Crippen LogP) is 2.66. The topological polar surface area (TPSA) is 50.2 Å². The van der Waals surface area contributed by atoms with Gasteiger partial charge in [0.2, 0.25) is 5.91 Å². The lowest BCUT2D eigenvalue weighted by molar-refractivity contribution is -0.131. The van der Waals surface area contributed by atoms with Crippen molar-refractivity contribution in [1.82, 2.24) is 20.0 Å². The number of nitrogens with zero attached hydrogens (tertiary/aromatic N) is 3. The van der Waals surface area contributed by atoms with Crippen LogP contribution in [0.4, 0.5) is 0 Å². The van der Waals surface area contributed by atoms with Crippen LogP contribution in [0.3, 0.4) is 0 Å². The molecule has 0 radical (unpaired) electrons. The number of hydrogen-bond donors (Lipinski definition) is 1. The molecule has 1 N–H and O–H groups in total. The van der Waals surface area contributed by atoms with E-state index in [2.05, 4.69) is 10.4 Å². The Kier molecular flexibility index (Phi) is 6.62. The van der Waals surface area contributed by atoms with Gasteiger partial charge in [0.25, 0.3) is 0 Å². The van der Waals surface area contributed by atoms with Gasteiger partial charge in [-0.2, -0.15) is 5.10 Å². The molecule has 1 fully saturated rings. The molecule has 1 amide bonds. The van der Waals surface area contributed by atoms with Gasteiger partial charge in [-0.05, 0) is 45.9 Å². The fourth-order valence-electron chi connectivity index (χ4n) is 3.45. The number of para-hydroxylation sites is 1. The quantitative estimate of drug-likeness (QED) is 0.909. The van der Waals surface area contributed by atoms with Gasteiger partial charge in [0.05, 0.1) is 17.8 Å². The summed E-state index contributed by atoms with van der Waals surface area (Å²) in [5, 5.41) is 7.93. The van der Waals surface area contributed by atoms with Crippen molar-refractivity contribution in [2.75, 3.05) is 20.1 Å². The van der Waals surface area contributed by atoms with Gasteiger partial charge in [-0.15, -0.1) is 12.4 Å². The Labute approximate surface area is 155 Å². The summed E-state index contributed by atoms with van der Waals surface area (Å²) in [6.45, 7) is 5.70. The van der Waals surface area contributed by atoms with Crippen molar-refractivity contribution in [1.29, 1.82) is 0 Å². The van der Waals surface area contributed by atoms with Crippen molar-refractivity contribution < 1.29 is 4.79 Å². The fraction of sp³-hybridized carbons (Fsp3) is 0.474. The highest BCUT2D eigenvalue weighted by atomic mass is 35.5. The molecule has 1 atom stereocenters. The Morgan fingerprint density at radius 3 is 2.68 bits per heavy atom. The van der Waals surface area contributed by atoms with Crippen molar-refractivity contribution in [2.24, 2.45) is 0 Å². The summed E-state index contributed by atoms with van der Waals surface area (Å²) >= 11 is 0. The van der Waals surface area contributed by atoms with Gasteiger partial charge in [-0.1, -0.05) is 18.2 Å². The van der Waals surface area contributed by atoms with Crippen molar-refractivity contribution in [3.8, 4) is 5.69 Å². The number of benzene rings is 1. The summed E-state index contributed by atoms with van der Waals surface area (Å²) in [5.74, 6) is 0.203. The van der Waals surface area contributed by atoms with E-state index in [-0.39, 0.29) is 18.3 Å². The summed E-state index contributed by atoms with van der Waals surface area (Å²) < 4.78 is 1.94. The Balaban J connectivity index is 0.00000225. The number of halogens is 1. The minimum atomic E-state index is 0. The minimum absolute atomic E-state index is 0. The number of amides is 1. The van der Waals surface area contributed by atoms with Crippen molar-refractivity contribution in [3.05, 3.63) is 47.3 Å². The van der Waals surface area contributed by atoms with Crippen molar-refractivity contribution >= 4 is 18.3 Å². The molecular formula is C19H27ClN4O. The van der Waals surface area contributed by atoms with E-state index < -0.39 is 0 Å².